The number of anilines is 1. The molecule has 0 unspecified atom stereocenters. The Balaban J connectivity index is 1.23. The molecule has 1 amide bonds. The molecule has 1 aliphatic heterocycles. The van der Waals surface area contributed by atoms with Crippen LogP contribution in [0.15, 0.2) is 72.8 Å². The SMILES string of the molecule is O=C(C[NH+]1CC[NH+](C2c3ccccc3-c3ccccc32)CC1)Nc1ccc(F)cc1. The van der Waals surface area contributed by atoms with Gasteiger partial charge >= 0.3 is 0 Å². The molecule has 0 radical (unpaired) electrons. The Morgan fingerprint density at radius 1 is 0.833 bits per heavy atom. The van der Waals surface area contributed by atoms with Crippen molar-refractivity contribution in [2.24, 2.45) is 0 Å². The third-order valence-electron chi connectivity index (χ3n) is 6.38. The number of hydrogen-bond acceptors (Lipinski definition) is 1. The van der Waals surface area contributed by atoms with Crippen molar-refractivity contribution >= 4 is 11.6 Å². The molecule has 2 aliphatic rings. The van der Waals surface area contributed by atoms with Crippen LogP contribution >= 0.6 is 0 Å². The molecule has 0 bridgehead atoms. The Morgan fingerprint density at radius 2 is 1.40 bits per heavy atom. The fourth-order valence-corrected chi connectivity index (χ4v) is 4.95. The van der Waals surface area contributed by atoms with E-state index in [2.05, 4.69) is 53.8 Å². The molecule has 0 atom stereocenters. The van der Waals surface area contributed by atoms with E-state index < -0.39 is 0 Å². The van der Waals surface area contributed by atoms with Gasteiger partial charge in [-0.2, -0.15) is 0 Å². The maximum atomic E-state index is 13.0. The lowest BCUT2D eigenvalue weighted by molar-refractivity contribution is -1.02. The Morgan fingerprint density at radius 3 is 2.00 bits per heavy atom. The average molecular weight is 404 g/mol. The van der Waals surface area contributed by atoms with E-state index in [9.17, 15) is 9.18 Å². The third kappa shape index (κ3) is 3.62. The topological polar surface area (TPSA) is 38.0 Å². The summed E-state index contributed by atoms with van der Waals surface area (Å²) >= 11 is 0. The van der Waals surface area contributed by atoms with Crippen molar-refractivity contribution in [3.05, 3.63) is 89.7 Å². The Bertz CT molecular complexity index is 1010. The van der Waals surface area contributed by atoms with Crippen LogP contribution < -0.4 is 15.1 Å². The monoisotopic (exact) mass is 403 g/mol. The van der Waals surface area contributed by atoms with E-state index in [0.29, 0.717) is 18.3 Å². The predicted octanol–water partition coefficient (Wildman–Crippen LogP) is 1.32. The summed E-state index contributed by atoms with van der Waals surface area (Å²) < 4.78 is 13.0. The zero-order valence-electron chi connectivity index (χ0n) is 16.8. The minimum Gasteiger partial charge on any atom is -0.321 e. The van der Waals surface area contributed by atoms with Gasteiger partial charge in [-0.05, 0) is 35.4 Å². The molecule has 0 aromatic heterocycles. The summed E-state index contributed by atoms with van der Waals surface area (Å²) in [5, 5.41) is 2.88. The van der Waals surface area contributed by atoms with Gasteiger partial charge in [0.1, 0.15) is 38.0 Å². The molecule has 1 saturated heterocycles. The van der Waals surface area contributed by atoms with Gasteiger partial charge < -0.3 is 15.1 Å². The fourth-order valence-electron chi connectivity index (χ4n) is 4.95. The number of quaternary nitrogens is 2. The van der Waals surface area contributed by atoms with Crippen molar-refractivity contribution in [1.29, 1.82) is 0 Å². The second kappa shape index (κ2) is 8.01. The summed E-state index contributed by atoms with van der Waals surface area (Å²) in [4.78, 5) is 15.3. The maximum absolute atomic E-state index is 13.0. The van der Waals surface area contributed by atoms with Crippen LogP contribution in [0, 0.1) is 5.82 Å². The molecule has 0 saturated carbocycles. The molecule has 1 aliphatic carbocycles. The second-order valence-corrected chi connectivity index (χ2v) is 8.25. The minimum atomic E-state index is -0.298. The highest BCUT2D eigenvalue weighted by Gasteiger charge is 2.38. The molecular formula is C25H26FN3O+2. The summed E-state index contributed by atoms with van der Waals surface area (Å²) in [6, 6.07) is 23.8. The molecular weight excluding hydrogens is 377 g/mol. The molecule has 3 N–H and O–H groups in total. The lowest BCUT2D eigenvalue weighted by Crippen LogP contribution is -3.28. The van der Waals surface area contributed by atoms with E-state index in [1.54, 1.807) is 17.0 Å². The van der Waals surface area contributed by atoms with Gasteiger partial charge in [0.2, 0.25) is 0 Å². The Hall–Kier alpha value is -3.02. The molecule has 4 nitrogen and oxygen atoms in total. The fraction of sp³-hybridized carbons (Fsp3) is 0.240. The summed E-state index contributed by atoms with van der Waals surface area (Å²) in [7, 11) is 0. The molecule has 5 rings (SSSR count). The molecule has 30 heavy (non-hydrogen) atoms. The number of hydrogen-bond donors (Lipinski definition) is 3. The molecule has 1 fully saturated rings. The van der Waals surface area contributed by atoms with Crippen LogP contribution in [0.3, 0.4) is 0 Å². The third-order valence-corrected chi connectivity index (χ3v) is 6.38. The zero-order valence-corrected chi connectivity index (χ0v) is 16.8. The summed E-state index contributed by atoms with van der Waals surface area (Å²) in [5.74, 6) is -0.315. The number of carbonyl (C=O) groups excluding carboxylic acids is 1. The van der Waals surface area contributed by atoms with Crippen LogP contribution in [0.1, 0.15) is 17.2 Å². The molecule has 1 heterocycles. The number of piperazine rings is 1. The number of nitrogens with one attached hydrogen (secondary N) is 3. The minimum absolute atomic E-state index is 0.0170. The number of fused-ring (bicyclic) bond motifs is 3. The summed E-state index contributed by atoms with van der Waals surface area (Å²) in [6.45, 7) is 4.45. The first kappa shape index (κ1) is 19.0. The van der Waals surface area contributed by atoms with Gasteiger partial charge in [-0.3, -0.25) is 4.79 Å². The van der Waals surface area contributed by atoms with Crippen molar-refractivity contribution in [3.63, 3.8) is 0 Å². The molecule has 0 spiro atoms. The largest absolute Gasteiger partial charge is 0.321 e. The summed E-state index contributed by atoms with van der Waals surface area (Å²) in [5.41, 5.74) is 6.21. The first-order valence-electron chi connectivity index (χ1n) is 10.6. The van der Waals surface area contributed by atoms with E-state index in [-0.39, 0.29) is 11.7 Å². The predicted molar refractivity (Wildman–Crippen MR) is 115 cm³/mol. The van der Waals surface area contributed by atoms with Crippen molar-refractivity contribution in [3.8, 4) is 11.1 Å². The van der Waals surface area contributed by atoms with Crippen molar-refractivity contribution < 1.29 is 19.0 Å². The Labute approximate surface area is 175 Å². The van der Waals surface area contributed by atoms with Crippen molar-refractivity contribution in [1.82, 2.24) is 0 Å². The average Bonchev–Trinajstić information content (AvgIpc) is 3.11. The highest BCUT2D eigenvalue weighted by atomic mass is 19.1. The van der Waals surface area contributed by atoms with E-state index in [0.717, 1.165) is 26.2 Å². The van der Waals surface area contributed by atoms with Crippen LogP contribution in [0.2, 0.25) is 0 Å². The molecule has 5 heteroatoms. The first-order chi connectivity index (χ1) is 14.7. The van der Waals surface area contributed by atoms with Gasteiger partial charge in [-0.15, -0.1) is 0 Å². The van der Waals surface area contributed by atoms with Gasteiger partial charge in [-0.25, -0.2) is 4.39 Å². The van der Waals surface area contributed by atoms with Gasteiger partial charge in [-0.1, -0.05) is 48.5 Å². The number of halogens is 1. The highest BCUT2D eigenvalue weighted by molar-refractivity contribution is 5.91. The van der Waals surface area contributed by atoms with E-state index >= 15 is 0 Å². The quantitative estimate of drug-likeness (QED) is 0.604. The smallest absolute Gasteiger partial charge is 0.279 e. The molecule has 3 aromatic carbocycles. The van der Waals surface area contributed by atoms with Crippen LogP contribution in [0.4, 0.5) is 10.1 Å². The van der Waals surface area contributed by atoms with E-state index in [1.165, 1.54) is 39.3 Å². The lowest BCUT2D eigenvalue weighted by atomic mass is 10.0. The first-order valence-corrected chi connectivity index (χ1v) is 10.6. The van der Waals surface area contributed by atoms with Gasteiger partial charge in [0.25, 0.3) is 5.91 Å². The van der Waals surface area contributed by atoms with Crippen molar-refractivity contribution in [2.45, 2.75) is 6.04 Å². The molecule has 3 aromatic rings. The van der Waals surface area contributed by atoms with Crippen LogP contribution in [-0.2, 0) is 4.79 Å². The zero-order chi connectivity index (χ0) is 20.5. The summed E-state index contributed by atoms with van der Waals surface area (Å²) in [6.07, 6.45) is 0. The Kier molecular flexibility index (Phi) is 5.07. The number of benzene rings is 3. The highest BCUT2D eigenvalue weighted by Crippen LogP contribution is 2.41. The molecule has 152 valence electrons. The number of amides is 1. The van der Waals surface area contributed by atoms with E-state index in [1.807, 2.05) is 0 Å². The number of carbonyl (C=O) groups is 1. The normalized spacial score (nSPS) is 20.4. The van der Waals surface area contributed by atoms with Crippen LogP contribution in [0.5, 0.6) is 0 Å². The van der Waals surface area contributed by atoms with Crippen LogP contribution in [0.25, 0.3) is 11.1 Å². The van der Waals surface area contributed by atoms with Gasteiger partial charge in [0.05, 0.1) is 0 Å². The van der Waals surface area contributed by atoms with Crippen LogP contribution in [-0.4, -0.2) is 38.6 Å². The van der Waals surface area contributed by atoms with Gasteiger partial charge in [0.15, 0.2) is 6.54 Å². The maximum Gasteiger partial charge on any atom is 0.279 e. The second-order valence-electron chi connectivity index (χ2n) is 8.25. The standard InChI is InChI=1S/C25H24FN3O/c26-18-9-11-19(12-10-18)27-24(30)17-28-13-15-29(16-14-28)25-22-7-3-1-5-20(22)21-6-2-4-8-23(21)25/h1-12,25H,13-17H2,(H,27,30)/p+2. The van der Waals surface area contributed by atoms with Crippen molar-refractivity contribution in [2.75, 3.05) is 38.0 Å². The number of rotatable bonds is 4. The van der Waals surface area contributed by atoms with Gasteiger partial charge in [0, 0.05) is 16.8 Å². The lowest BCUT2D eigenvalue weighted by Gasteiger charge is -2.33. The van der Waals surface area contributed by atoms with E-state index in [4.69, 9.17) is 0 Å².